The molecule has 0 spiro atoms. The highest BCUT2D eigenvalue weighted by molar-refractivity contribution is 7.98. The number of carbonyl (C=O) groups is 2. The molecule has 0 aliphatic carbocycles. The Morgan fingerprint density at radius 3 is 2.44 bits per heavy atom. The molecule has 7 heteroatoms. The molecule has 0 bridgehead atoms. The Labute approximate surface area is 153 Å². The molecule has 1 heterocycles. The standard InChI is InChI=1S/C18H13FN2O2S2/c1-25-12-8-6-11(7-9-12)10-13-16(22)20-18(24)21(17(13)23)15-5-3-2-4-14(15)19/h2-10H,1H3,(H,20,22,24)/b13-10-. The third-order valence-electron chi connectivity index (χ3n) is 3.62. The van der Waals surface area contributed by atoms with Gasteiger partial charge in [-0.2, -0.15) is 0 Å². The van der Waals surface area contributed by atoms with E-state index < -0.39 is 17.6 Å². The molecule has 1 aliphatic rings. The van der Waals surface area contributed by atoms with Crippen LogP contribution in [0.3, 0.4) is 0 Å². The summed E-state index contributed by atoms with van der Waals surface area (Å²) >= 11 is 6.64. The maximum absolute atomic E-state index is 14.1. The van der Waals surface area contributed by atoms with Gasteiger partial charge in [0.1, 0.15) is 11.4 Å². The van der Waals surface area contributed by atoms with Crippen molar-refractivity contribution in [3.63, 3.8) is 0 Å². The second kappa shape index (κ2) is 7.16. The number of para-hydroxylation sites is 1. The van der Waals surface area contributed by atoms with E-state index in [1.807, 2.05) is 18.4 Å². The van der Waals surface area contributed by atoms with Crippen molar-refractivity contribution in [2.24, 2.45) is 0 Å². The first kappa shape index (κ1) is 17.3. The number of halogens is 1. The summed E-state index contributed by atoms with van der Waals surface area (Å²) in [4.78, 5) is 27.0. The summed E-state index contributed by atoms with van der Waals surface area (Å²) in [7, 11) is 0. The molecular weight excluding hydrogens is 359 g/mol. The van der Waals surface area contributed by atoms with Crippen LogP contribution in [-0.2, 0) is 9.59 Å². The minimum Gasteiger partial charge on any atom is -0.298 e. The van der Waals surface area contributed by atoms with Crippen LogP contribution >= 0.6 is 24.0 Å². The van der Waals surface area contributed by atoms with Crippen molar-refractivity contribution in [2.45, 2.75) is 4.90 Å². The van der Waals surface area contributed by atoms with Crippen molar-refractivity contribution in [1.82, 2.24) is 5.32 Å². The molecule has 0 aromatic heterocycles. The predicted octanol–water partition coefficient (Wildman–Crippen LogP) is 3.38. The molecule has 1 N–H and O–H groups in total. The highest BCUT2D eigenvalue weighted by Gasteiger charge is 2.35. The Hall–Kier alpha value is -2.51. The first-order valence-electron chi connectivity index (χ1n) is 7.31. The molecule has 25 heavy (non-hydrogen) atoms. The van der Waals surface area contributed by atoms with Crippen LogP contribution in [-0.4, -0.2) is 23.2 Å². The van der Waals surface area contributed by atoms with Gasteiger partial charge in [-0.1, -0.05) is 24.3 Å². The number of amides is 2. The molecule has 0 atom stereocenters. The van der Waals surface area contributed by atoms with E-state index in [9.17, 15) is 14.0 Å². The fourth-order valence-electron chi connectivity index (χ4n) is 2.38. The van der Waals surface area contributed by atoms with E-state index in [2.05, 4.69) is 5.32 Å². The molecule has 126 valence electrons. The molecule has 1 fully saturated rings. The van der Waals surface area contributed by atoms with Crippen molar-refractivity contribution in [1.29, 1.82) is 0 Å². The van der Waals surface area contributed by atoms with E-state index in [-0.39, 0.29) is 16.4 Å². The zero-order valence-electron chi connectivity index (χ0n) is 13.2. The third-order valence-corrected chi connectivity index (χ3v) is 4.65. The lowest BCUT2D eigenvalue weighted by Crippen LogP contribution is -2.54. The van der Waals surface area contributed by atoms with Crippen LogP contribution in [0.15, 0.2) is 59.0 Å². The summed E-state index contributed by atoms with van der Waals surface area (Å²) in [5.41, 5.74) is 0.590. The van der Waals surface area contributed by atoms with Gasteiger partial charge in [0, 0.05) is 4.90 Å². The average molecular weight is 372 g/mol. The maximum Gasteiger partial charge on any atom is 0.270 e. The van der Waals surface area contributed by atoms with Crippen molar-refractivity contribution >= 4 is 52.7 Å². The normalized spacial score (nSPS) is 16.3. The Bertz CT molecular complexity index is 894. The lowest BCUT2D eigenvalue weighted by Gasteiger charge is -2.29. The first-order chi connectivity index (χ1) is 12.0. The van der Waals surface area contributed by atoms with Gasteiger partial charge < -0.3 is 0 Å². The fourth-order valence-corrected chi connectivity index (χ4v) is 3.06. The zero-order chi connectivity index (χ0) is 18.0. The summed E-state index contributed by atoms with van der Waals surface area (Å²) in [6.07, 6.45) is 3.43. The highest BCUT2D eigenvalue weighted by Crippen LogP contribution is 2.25. The maximum atomic E-state index is 14.1. The molecule has 4 nitrogen and oxygen atoms in total. The Balaban J connectivity index is 2.00. The van der Waals surface area contributed by atoms with Gasteiger partial charge in [0.25, 0.3) is 11.8 Å². The molecule has 1 saturated heterocycles. The molecular formula is C18H13FN2O2S2. The molecule has 2 aromatic carbocycles. The first-order valence-corrected chi connectivity index (χ1v) is 8.94. The SMILES string of the molecule is CSc1ccc(/C=C2/C(=O)NC(=S)N(c3ccccc3F)C2=O)cc1. The second-order valence-corrected chi connectivity index (χ2v) is 6.45. The van der Waals surface area contributed by atoms with Gasteiger partial charge in [0.15, 0.2) is 5.11 Å². The number of thioether (sulfide) groups is 1. The van der Waals surface area contributed by atoms with Gasteiger partial charge in [-0.3, -0.25) is 14.9 Å². The zero-order valence-corrected chi connectivity index (χ0v) is 14.8. The minimum absolute atomic E-state index is 0.00105. The van der Waals surface area contributed by atoms with Gasteiger partial charge in [0.2, 0.25) is 0 Å². The van der Waals surface area contributed by atoms with Crippen LogP contribution in [0.1, 0.15) is 5.56 Å². The number of hydrogen-bond donors (Lipinski definition) is 1. The summed E-state index contributed by atoms with van der Waals surface area (Å²) in [6, 6.07) is 13.2. The van der Waals surface area contributed by atoms with Gasteiger partial charge in [0.05, 0.1) is 5.69 Å². The van der Waals surface area contributed by atoms with Crippen molar-refractivity contribution in [2.75, 3.05) is 11.2 Å². The quantitative estimate of drug-likeness (QED) is 0.388. The van der Waals surface area contributed by atoms with Gasteiger partial charge in [-0.05, 0) is 54.4 Å². The van der Waals surface area contributed by atoms with Crippen LogP contribution < -0.4 is 10.2 Å². The Kier molecular flexibility index (Phi) is 4.96. The predicted molar refractivity (Wildman–Crippen MR) is 101 cm³/mol. The summed E-state index contributed by atoms with van der Waals surface area (Å²) in [5.74, 6) is -1.86. The number of carbonyl (C=O) groups excluding carboxylic acids is 2. The van der Waals surface area contributed by atoms with Gasteiger partial charge >= 0.3 is 0 Å². The van der Waals surface area contributed by atoms with Crippen LogP contribution in [0.4, 0.5) is 10.1 Å². The number of hydrogen-bond acceptors (Lipinski definition) is 4. The van der Waals surface area contributed by atoms with E-state index in [1.54, 1.807) is 30.0 Å². The van der Waals surface area contributed by atoms with Gasteiger partial charge in [-0.25, -0.2) is 9.29 Å². The summed E-state index contributed by atoms with van der Waals surface area (Å²) < 4.78 is 14.1. The van der Waals surface area contributed by atoms with Crippen LogP contribution in [0.5, 0.6) is 0 Å². The van der Waals surface area contributed by atoms with Crippen LogP contribution in [0.25, 0.3) is 6.08 Å². The molecule has 0 radical (unpaired) electrons. The molecule has 2 aromatic rings. The minimum atomic E-state index is -0.659. The smallest absolute Gasteiger partial charge is 0.270 e. The molecule has 1 aliphatic heterocycles. The number of anilines is 1. The van der Waals surface area contributed by atoms with E-state index in [0.29, 0.717) is 5.56 Å². The lowest BCUT2D eigenvalue weighted by molar-refractivity contribution is -0.122. The number of nitrogens with zero attached hydrogens (tertiary/aromatic N) is 1. The number of benzene rings is 2. The lowest BCUT2D eigenvalue weighted by atomic mass is 10.1. The molecule has 0 unspecified atom stereocenters. The van der Waals surface area contributed by atoms with Crippen molar-refractivity contribution in [3.05, 3.63) is 65.5 Å². The van der Waals surface area contributed by atoms with Crippen LogP contribution in [0.2, 0.25) is 0 Å². The van der Waals surface area contributed by atoms with E-state index in [4.69, 9.17) is 12.2 Å². The molecule has 0 saturated carbocycles. The van der Waals surface area contributed by atoms with E-state index in [1.165, 1.54) is 24.3 Å². The van der Waals surface area contributed by atoms with Gasteiger partial charge in [-0.15, -0.1) is 11.8 Å². The van der Waals surface area contributed by atoms with E-state index >= 15 is 0 Å². The number of thiocarbonyl (C=S) groups is 1. The Morgan fingerprint density at radius 1 is 1.12 bits per heavy atom. The summed E-state index contributed by atoms with van der Waals surface area (Å²) in [6.45, 7) is 0. The Morgan fingerprint density at radius 2 is 1.80 bits per heavy atom. The highest BCUT2D eigenvalue weighted by atomic mass is 32.2. The second-order valence-electron chi connectivity index (χ2n) is 5.18. The fraction of sp³-hybridized carbons (Fsp3) is 0.0556. The van der Waals surface area contributed by atoms with E-state index in [0.717, 1.165) is 9.80 Å². The third kappa shape index (κ3) is 3.47. The summed E-state index contributed by atoms with van der Waals surface area (Å²) in [5, 5.41) is 2.29. The van der Waals surface area contributed by atoms with Crippen LogP contribution in [0, 0.1) is 5.82 Å². The monoisotopic (exact) mass is 372 g/mol. The van der Waals surface area contributed by atoms with Crippen molar-refractivity contribution < 1.29 is 14.0 Å². The topological polar surface area (TPSA) is 49.4 Å². The largest absolute Gasteiger partial charge is 0.298 e. The molecule has 2 amide bonds. The molecule has 3 rings (SSSR count). The number of nitrogens with one attached hydrogen (secondary N) is 1. The van der Waals surface area contributed by atoms with Crippen molar-refractivity contribution in [3.8, 4) is 0 Å². The average Bonchev–Trinajstić information content (AvgIpc) is 2.60. The number of rotatable bonds is 3.